The number of halogens is 2. The van der Waals surface area contributed by atoms with Crippen LogP contribution in [-0.2, 0) is 7.05 Å². The van der Waals surface area contributed by atoms with Crippen LogP contribution in [0.2, 0.25) is 5.02 Å². The Kier molecular flexibility index (Phi) is 2.85. The highest BCUT2D eigenvalue weighted by Gasteiger charge is 2.14. The summed E-state index contributed by atoms with van der Waals surface area (Å²) in [5.41, 5.74) is 0.978. The number of carbonyl (C=O) groups is 1. The average Bonchev–Trinajstić information content (AvgIpc) is 2.61. The Morgan fingerprint density at radius 1 is 1.47 bits per heavy atom. The molecular formula is C11H8ClFN2O2. The molecule has 0 saturated heterocycles. The molecule has 0 aliphatic heterocycles. The second kappa shape index (κ2) is 4.18. The van der Waals surface area contributed by atoms with Gasteiger partial charge in [0.15, 0.2) is 5.69 Å². The minimum atomic E-state index is -1.12. The van der Waals surface area contributed by atoms with E-state index in [1.54, 1.807) is 7.05 Å². The van der Waals surface area contributed by atoms with E-state index in [-0.39, 0.29) is 10.7 Å². The molecule has 1 aromatic carbocycles. The number of hydrogen-bond acceptors (Lipinski definition) is 2. The highest BCUT2D eigenvalue weighted by atomic mass is 35.5. The molecule has 1 N–H and O–H groups in total. The zero-order valence-electron chi connectivity index (χ0n) is 8.82. The van der Waals surface area contributed by atoms with E-state index in [9.17, 15) is 9.18 Å². The number of aromatic carboxylic acids is 1. The zero-order valence-corrected chi connectivity index (χ0v) is 9.57. The molecule has 0 fully saturated rings. The van der Waals surface area contributed by atoms with Crippen LogP contribution in [0.4, 0.5) is 4.39 Å². The lowest BCUT2D eigenvalue weighted by molar-refractivity contribution is 0.0689. The third kappa shape index (κ3) is 2.14. The maximum Gasteiger partial charge on any atom is 0.356 e. The van der Waals surface area contributed by atoms with Crippen LogP contribution >= 0.6 is 11.6 Å². The Balaban J connectivity index is 2.56. The molecule has 0 amide bonds. The van der Waals surface area contributed by atoms with Crippen molar-refractivity contribution < 1.29 is 14.3 Å². The van der Waals surface area contributed by atoms with Crippen LogP contribution in [0.5, 0.6) is 0 Å². The van der Waals surface area contributed by atoms with Gasteiger partial charge in [-0.15, -0.1) is 0 Å². The molecule has 0 unspecified atom stereocenters. The van der Waals surface area contributed by atoms with Gasteiger partial charge in [-0.2, -0.15) is 5.10 Å². The van der Waals surface area contributed by atoms with Crippen LogP contribution in [0.3, 0.4) is 0 Å². The Morgan fingerprint density at radius 2 is 2.18 bits per heavy atom. The lowest BCUT2D eigenvalue weighted by Crippen LogP contribution is -1.99. The van der Waals surface area contributed by atoms with Gasteiger partial charge in [-0.3, -0.25) is 4.68 Å². The summed E-state index contributed by atoms with van der Waals surface area (Å²) in [6, 6.07) is 5.31. The molecule has 6 heteroatoms. The molecule has 0 radical (unpaired) electrons. The summed E-state index contributed by atoms with van der Waals surface area (Å²) in [6.45, 7) is 0. The number of carboxylic acids is 1. The lowest BCUT2D eigenvalue weighted by Gasteiger charge is -2.04. The van der Waals surface area contributed by atoms with Gasteiger partial charge in [0.25, 0.3) is 0 Å². The molecular weight excluding hydrogens is 247 g/mol. The first kappa shape index (κ1) is 11.6. The van der Waals surface area contributed by atoms with E-state index in [0.29, 0.717) is 11.3 Å². The van der Waals surface area contributed by atoms with Gasteiger partial charge in [0.2, 0.25) is 0 Å². The Labute approximate surface area is 101 Å². The standard InChI is InChI=1S/C11H8ClFN2O2/c1-15-10(5-9(14-15)11(16)17)7-3-2-6(13)4-8(7)12/h2-5H,1H3,(H,16,17). The monoisotopic (exact) mass is 254 g/mol. The molecule has 17 heavy (non-hydrogen) atoms. The van der Waals surface area contributed by atoms with Gasteiger partial charge in [-0.05, 0) is 24.3 Å². The van der Waals surface area contributed by atoms with E-state index < -0.39 is 11.8 Å². The Hall–Kier alpha value is -1.88. The summed E-state index contributed by atoms with van der Waals surface area (Å²) in [5, 5.41) is 12.8. The van der Waals surface area contributed by atoms with Crippen molar-refractivity contribution in [2.75, 3.05) is 0 Å². The molecule has 0 aliphatic carbocycles. The van der Waals surface area contributed by atoms with Crippen molar-refractivity contribution in [3.8, 4) is 11.3 Å². The number of aromatic nitrogens is 2. The molecule has 1 aromatic heterocycles. The third-order valence-corrected chi connectivity index (χ3v) is 2.62. The first-order valence-electron chi connectivity index (χ1n) is 4.72. The summed E-state index contributed by atoms with van der Waals surface area (Å²) in [7, 11) is 1.60. The van der Waals surface area contributed by atoms with Gasteiger partial charge in [0.1, 0.15) is 5.82 Å². The Bertz CT molecular complexity index is 595. The molecule has 2 aromatic rings. The average molecular weight is 255 g/mol. The van der Waals surface area contributed by atoms with Gasteiger partial charge in [-0.25, -0.2) is 9.18 Å². The van der Waals surface area contributed by atoms with E-state index in [2.05, 4.69) is 5.10 Å². The molecule has 4 nitrogen and oxygen atoms in total. The Morgan fingerprint density at radius 3 is 2.71 bits per heavy atom. The van der Waals surface area contributed by atoms with Gasteiger partial charge in [-0.1, -0.05) is 11.6 Å². The van der Waals surface area contributed by atoms with Gasteiger partial charge >= 0.3 is 5.97 Å². The van der Waals surface area contributed by atoms with Crippen molar-refractivity contribution in [1.82, 2.24) is 9.78 Å². The van der Waals surface area contributed by atoms with E-state index in [0.717, 1.165) is 0 Å². The summed E-state index contributed by atoms with van der Waals surface area (Å²) >= 11 is 5.90. The van der Waals surface area contributed by atoms with Gasteiger partial charge in [0, 0.05) is 12.6 Å². The molecule has 1 heterocycles. The second-order valence-electron chi connectivity index (χ2n) is 3.47. The number of rotatable bonds is 2. The highest BCUT2D eigenvalue weighted by molar-refractivity contribution is 6.33. The van der Waals surface area contributed by atoms with Crippen molar-refractivity contribution in [2.24, 2.45) is 7.05 Å². The molecule has 0 spiro atoms. The molecule has 0 aliphatic rings. The zero-order chi connectivity index (χ0) is 12.6. The highest BCUT2D eigenvalue weighted by Crippen LogP contribution is 2.28. The predicted molar refractivity (Wildman–Crippen MR) is 60.6 cm³/mol. The smallest absolute Gasteiger partial charge is 0.356 e. The van der Waals surface area contributed by atoms with Crippen molar-refractivity contribution in [3.05, 3.63) is 40.8 Å². The number of nitrogens with zero attached hydrogens (tertiary/aromatic N) is 2. The van der Waals surface area contributed by atoms with Crippen molar-refractivity contribution in [3.63, 3.8) is 0 Å². The minimum absolute atomic E-state index is 0.0807. The SMILES string of the molecule is Cn1nc(C(=O)O)cc1-c1ccc(F)cc1Cl. The summed E-state index contributed by atoms with van der Waals surface area (Å²) in [4.78, 5) is 10.8. The van der Waals surface area contributed by atoms with E-state index in [1.165, 1.54) is 28.9 Å². The number of hydrogen-bond donors (Lipinski definition) is 1. The molecule has 88 valence electrons. The van der Waals surface area contributed by atoms with Crippen LogP contribution in [-0.4, -0.2) is 20.9 Å². The van der Waals surface area contributed by atoms with Crippen molar-refractivity contribution in [1.29, 1.82) is 0 Å². The van der Waals surface area contributed by atoms with Gasteiger partial charge < -0.3 is 5.11 Å². The number of aryl methyl sites for hydroxylation is 1. The molecule has 0 atom stereocenters. The normalized spacial score (nSPS) is 10.5. The fourth-order valence-corrected chi connectivity index (χ4v) is 1.79. The first-order valence-corrected chi connectivity index (χ1v) is 5.09. The van der Waals surface area contributed by atoms with Crippen molar-refractivity contribution >= 4 is 17.6 Å². The summed E-state index contributed by atoms with van der Waals surface area (Å²) < 4.78 is 14.3. The van der Waals surface area contributed by atoms with E-state index >= 15 is 0 Å². The molecule has 0 saturated carbocycles. The predicted octanol–water partition coefficient (Wildman–Crippen LogP) is 2.58. The number of carboxylic acid groups (broad SMARTS) is 1. The first-order chi connectivity index (χ1) is 7.99. The van der Waals surface area contributed by atoms with Crippen LogP contribution in [0.25, 0.3) is 11.3 Å². The minimum Gasteiger partial charge on any atom is -0.476 e. The topological polar surface area (TPSA) is 55.1 Å². The third-order valence-electron chi connectivity index (χ3n) is 2.31. The fraction of sp³-hybridized carbons (Fsp3) is 0.0909. The largest absolute Gasteiger partial charge is 0.476 e. The maximum absolute atomic E-state index is 12.9. The summed E-state index contributed by atoms with van der Waals surface area (Å²) in [6.07, 6.45) is 0. The molecule has 2 rings (SSSR count). The van der Waals surface area contributed by atoms with E-state index in [1.807, 2.05) is 0 Å². The lowest BCUT2D eigenvalue weighted by atomic mass is 10.1. The summed E-state index contributed by atoms with van der Waals surface area (Å²) in [5.74, 6) is -1.57. The second-order valence-corrected chi connectivity index (χ2v) is 3.87. The maximum atomic E-state index is 12.9. The van der Waals surface area contributed by atoms with Crippen LogP contribution < -0.4 is 0 Å². The van der Waals surface area contributed by atoms with E-state index in [4.69, 9.17) is 16.7 Å². The molecule has 0 bridgehead atoms. The number of benzene rings is 1. The van der Waals surface area contributed by atoms with Crippen molar-refractivity contribution in [2.45, 2.75) is 0 Å². The van der Waals surface area contributed by atoms with Gasteiger partial charge in [0.05, 0.1) is 10.7 Å². The quantitative estimate of drug-likeness (QED) is 0.896. The van der Waals surface area contributed by atoms with Crippen LogP contribution in [0, 0.1) is 5.82 Å². The van der Waals surface area contributed by atoms with Crippen LogP contribution in [0.1, 0.15) is 10.5 Å². The van der Waals surface area contributed by atoms with Crippen LogP contribution in [0.15, 0.2) is 24.3 Å². The fourth-order valence-electron chi connectivity index (χ4n) is 1.52.